The van der Waals surface area contributed by atoms with Gasteiger partial charge in [-0.1, -0.05) is 36.8 Å². The standard InChI is InChI=1S/C23H33N3O3/c1-24(2)23(19-9-4-3-5-10-19)13-11-22(12-14-23)17-25(16-20(27)28)21(29)26(22)15-18-7-6-8-18/h3-5,9-10,18H,6-8,11-17H2,1-2H3,(H,27,28)/t22-,23+. The molecule has 3 fully saturated rings. The number of nitrogens with zero attached hydrogens (tertiary/aromatic N) is 3. The van der Waals surface area contributed by atoms with Crippen molar-refractivity contribution in [3.8, 4) is 0 Å². The van der Waals surface area contributed by atoms with E-state index in [9.17, 15) is 14.7 Å². The summed E-state index contributed by atoms with van der Waals surface area (Å²) in [4.78, 5) is 30.4. The normalized spacial score (nSPS) is 30.2. The molecular weight excluding hydrogens is 366 g/mol. The Bertz CT molecular complexity index is 752. The van der Waals surface area contributed by atoms with Gasteiger partial charge in [0.05, 0.1) is 5.54 Å². The molecule has 2 amide bonds. The first kappa shape index (κ1) is 20.2. The molecule has 2 aliphatic carbocycles. The lowest BCUT2D eigenvalue weighted by molar-refractivity contribution is -0.137. The second kappa shape index (κ2) is 7.63. The van der Waals surface area contributed by atoms with Gasteiger partial charge < -0.3 is 14.9 Å². The molecule has 3 aliphatic rings. The van der Waals surface area contributed by atoms with Gasteiger partial charge in [-0.05, 0) is 64.1 Å². The van der Waals surface area contributed by atoms with Crippen molar-refractivity contribution in [2.75, 3.05) is 33.7 Å². The first-order chi connectivity index (χ1) is 13.9. The third-order valence-electron chi connectivity index (χ3n) is 7.73. The number of hydrogen-bond donors (Lipinski definition) is 1. The van der Waals surface area contributed by atoms with Crippen LogP contribution in [0.5, 0.6) is 0 Å². The molecule has 2 saturated carbocycles. The number of urea groups is 1. The number of carbonyl (C=O) groups is 2. The Hall–Kier alpha value is -2.08. The summed E-state index contributed by atoms with van der Waals surface area (Å²) in [5.74, 6) is -0.350. The van der Waals surface area contributed by atoms with Crippen molar-refractivity contribution in [2.45, 2.75) is 56.0 Å². The number of carboxylic acid groups (broad SMARTS) is 1. The van der Waals surface area contributed by atoms with Gasteiger partial charge in [-0.15, -0.1) is 0 Å². The van der Waals surface area contributed by atoms with Crippen molar-refractivity contribution in [2.24, 2.45) is 5.92 Å². The molecule has 0 aromatic heterocycles. The van der Waals surface area contributed by atoms with Gasteiger partial charge in [-0.25, -0.2) is 4.79 Å². The van der Waals surface area contributed by atoms with Gasteiger partial charge in [0.25, 0.3) is 0 Å². The molecular formula is C23H33N3O3. The molecule has 1 aliphatic heterocycles. The molecule has 158 valence electrons. The van der Waals surface area contributed by atoms with E-state index in [1.54, 1.807) is 4.90 Å². The van der Waals surface area contributed by atoms with Gasteiger partial charge in [0, 0.05) is 18.6 Å². The van der Waals surface area contributed by atoms with E-state index in [-0.39, 0.29) is 23.7 Å². The first-order valence-corrected chi connectivity index (χ1v) is 10.9. The molecule has 1 aromatic rings. The van der Waals surface area contributed by atoms with Gasteiger partial charge >= 0.3 is 12.0 Å². The minimum atomic E-state index is -0.929. The molecule has 4 rings (SSSR count). The zero-order valence-corrected chi connectivity index (χ0v) is 17.6. The van der Waals surface area contributed by atoms with Crippen molar-refractivity contribution >= 4 is 12.0 Å². The third kappa shape index (κ3) is 3.52. The van der Waals surface area contributed by atoms with Crippen molar-refractivity contribution in [3.63, 3.8) is 0 Å². The van der Waals surface area contributed by atoms with E-state index >= 15 is 0 Å². The molecule has 29 heavy (non-hydrogen) atoms. The molecule has 0 unspecified atom stereocenters. The summed E-state index contributed by atoms with van der Waals surface area (Å²) >= 11 is 0. The van der Waals surface area contributed by atoms with Crippen LogP contribution in [0.15, 0.2) is 30.3 Å². The van der Waals surface area contributed by atoms with Crippen LogP contribution in [0.25, 0.3) is 0 Å². The van der Waals surface area contributed by atoms with E-state index in [1.807, 2.05) is 0 Å². The summed E-state index contributed by atoms with van der Waals surface area (Å²) < 4.78 is 0. The van der Waals surface area contributed by atoms with Crippen LogP contribution in [-0.2, 0) is 10.3 Å². The number of aliphatic carboxylic acids is 1. The van der Waals surface area contributed by atoms with Crippen LogP contribution in [-0.4, -0.2) is 71.1 Å². The van der Waals surface area contributed by atoms with Crippen molar-refractivity contribution in [1.29, 1.82) is 0 Å². The molecule has 1 saturated heterocycles. The monoisotopic (exact) mass is 399 g/mol. The Morgan fingerprint density at radius 2 is 1.79 bits per heavy atom. The fourth-order valence-corrected chi connectivity index (χ4v) is 5.67. The van der Waals surface area contributed by atoms with Crippen LogP contribution in [0.2, 0.25) is 0 Å². The van der Waals surface area contributed by atoms with Gasteiger partial charge in [0.1, 0.15) is 6.54 Å². The molecule has 1 aromatic carbocycles. The average Bonchev–Trinajstić information content (AvgIpc) is 2.90. The fraction of sp³-hybridized carbons (Fsp3) is 0.652. The lowest BCUT2D eigenvalue weighted by Crippen LogP contribution is -2.56. The number of benzene rings is 1. The Morgan fingerprint density at radius 1 is 1.14 bits per heavy atom. The highest BCUT2D eigenvalue weighted by Gasteiger charge is 2.55. The van der Waals surface area contributed by atoms with Crippen LogP contribution < -0.4 is 0 Å². The fourth-order valence-electron chi connectivity index (χ4n) is 5.67. The van der Waals surface area contributed by atoms with E-state index in [1.165, 1.54) is 24.8 Å². The lowest BCUT2D eigenvalue weighted by Gasteiger charge is -2.51. The molecule has 0 bridgehead atoms. The maximum absolute atomic E-state index is 13.1. The Kier molecular flexibility index (Phi) is 5.32. The average molecular weight is 400 g/mol. The largest absolute Gasteiger partial charge is 0.480 e. The van der Waals surface area contributed by atoms with E-state index in [2.05, 4.69) is 54.2 Å². The van der Waals surface area contributed by atoms with E-state index in [4.69, 9.17) is 0 Å². The van der Waals surface area contributed by atoms with Crippen molar-refractivity contribution in [1.82, 2.24) is 14.7 Å². The predicted octanol–water partition coefficient (Wildman–Crippen LogP) is 3.38. The van der Waals surface area contributed by atoms with Crippen LogP contribution in [0, 0.1) is 5.92 Å². The SMILES string of the molecule is CN(C)[C@]1(c2ccccc2)CC[C@]2(CC1)CN(CC(=O)O)C(=O)N2CC1CCC1. The quantitative estimate of drug-likeness (QED) is 0.797. The maximum atomic E-state index is 13.1. The third-order valence-corrected chi connectivity index (χ3v) is 7.73. The summed E-state index contributed by atoms with van der Waals surface area (Å²) in [6, 6.07) is 10.6. The van der Waals surface area contributed by atoms with Gasteiger partial charge in [-0.3, -0.25) is 9.69 Å². The summed E-state index contributed by atoms with van der Waals surface area (Å²) in [5, 5.41) is 9.29. The van der Waals surface area contributed by atoms with Crippen molar-refractivity contribution in [3.05, 3.63) is 35.9 Å². The van der Waals surface area contributed by atoms with Crippen LogP contribution >= 0.6 is 0 Å². The summed E-state index contributed by atoms with van der Waals surface area (Å²) in [7, 11) is 4.29. The summed E-state index contributed by atoms with van der Waals surface area (Å²) in [6.07, 6.45) is 7.38. The smallest absolute Gasteiger partial charge is 0.323 e. The number of carboxylic acids is 1. The summed E-state index contributed by atoms with van der Waals surface area (Å²) in [6.45, 7) is 1.14. The molecule has 6 heteroatoms. The van der Waals surface area contributed by atoms with E-state index in [0.717, 1.165) is 32.2 Å². The predicted molar refractivity (Wildman–Crippen MR) is 112 cm³/mol. The summed E-state index contributed by atoms with van der Waals surface area (Å²) in [5.41, 5.74) is 1.08. The van der Waals surface area contributed by atoms with Crippen molar-refractivity contribution < 1.29 is 14.7 Å². The van der Waals surface area contributed by atoms with Gasteiger partial charge in [0.2, 0.25) is 0 Å². The molecule has 1 heterocycles. The van der Waals surface area contributed by atoms with Crippen LogP contribution in [0.4, 0.5) is 4.79 Å². The van der Waals surface area contributed by atoms with Crippen LogP contribution in [0.3, 0.4) is 0 Å². The second-order valence-corrected chi connectivity index (χ2v) is 9.46. The molecule has 1 spiro atoms. The number of amides is 2. The number of hydrogen-bond acceptors (Lipinski definition) is 3. The molecule has 0 radical (unpaired) electrons. The number of carbonyl (C=O) groups excluding carboxylic acids is 1. The van der Waals surface area contributed by atoms with E-state index in [0.29, 0.717) is 12.5 Å². The van der Waals surface area contributed by atoms with Gasteiger partial charge in [-0.2, -0.15) is 0 Å². The highest BCUT2D eigenvalue weighted by molar-refractivity contribution is 5.83. The second-order valence-electron chi connectivity index (χ2n) is 9.46. The van der Waals surface area contributed by atoms with E-state index < -0.39 is 5.97 Å². The number of rotatable bonds is 6. The zero-order valence-electron chi connectivity index (χ0n) is 17.6. The Morgan fingerprint density at radius 3 is 2.31 bits per heavy atom. The highest BCUT2D eigenvalue weighted by atomic mass is 16.4. The minimum absolute atomic E-state index is 0.0298. The topological polar surface area (TPSA) is 64.1 Å². The van der Waals surface area contributed by atoms with Crippen LogP contribution in [0.1, 0.15) is 50.5 Å². The highest BCUT2D eigenvalue weighted by Crippen LogP contribution is 2.49. The Balaban J connectivity index is 1.59. The first-order valence-electron chi connectivity index (χ1n) is 10.9. The molecule has 1 N–H and O–H groups in total. The minimum Gasteiger partial charge on any atom is -0.480 e. The maximum Gasteiger partial charge on any atom is 0.323 e. The molecule has 0 atom stereocenters. The van der Waals surface area contributed by atoms with Gasteiger partial charge in [0.15, 0.2) is 0 Å². The molecule has 6 nitrogen and oxygen atoms in total. The lowest BCUT2D eigenvalue weighted by atomic mass is 9.68. The zero-order chi connectivity index (χ0) is 20.6. The Labute approximate surface area is 173 Å².